The van der Waals surface area contributed by atoms with Crippen molar-refractivity contribution in [2.24, 2.45) is 0 Å². The van der Waals surface area contributed by atoms with Crippen LogP contribution in [0.4, 0.5) is 18.0 Å². The molecule has 0 spiro atoms. The summed E-state index contributed by atoms with van der Waals surface area (Å²) in [5, 5.41) is 5.20. The van der Waals surface area contributed by atoms with Gasteiger partial charge in [0.2, 0.25) is 0 Å². The van der Waals surface area contributed by atoms with Crippen molar-refractivity contribution in [3.05, 3.63) is 0 Å². The summed E-state index contributed by atoms with van der Waals surface area (Å²) in [7, 11) is 1.52. The van der Waals surface area contributed by atoms with Crippen molar-refractivity contribution in [3.8, 4) is 0 Å². The standard InChI is InChI=1S/C10H18F3N3O2/c1-18-5-3-14-9(17)15-8-2-4-16(6-8)7-10(11,12)13/h8H,2-7H2,1H3,(H2,14,15,17)/t8-/m0/s1. The summed E-state index contributed by atoms with van der Waals surface area (Å²) >= 11 is 0. The van der Waals surface area contributed by atoms with E-state index in [1.807, 2.05) is 0 Å². The summed E-state index contributed by atoms with van der Waals surface area (Å²) in [4.78, 5) is 12.6. The lowest BCUT2D eigenvalue weighted by atomic mass is 10.3. The number of methoxy groups -OCH3 is 1. The van der Waals surface area contributed by atoms with E-state index < -0.39 is 12.7 Å². The Morgan fingerprint density at radius 1 is 1.50 bits per heavy atom. The molecule has 2 N–H and O–H groups in total. The zero-order valence-corrected chi connectivity index (χ0v) is 10.2. The average molecular weight is 269 g/mol. The van der Waals surface area contributed by atoms with Gasteiger partial charge in [-0.05, 0) is 6.42 Å². The van der Waals surface area contributed by atoms with Crippen LogP contribution in [-0.2, 0) is 4.74 Å². The van der Waals surface area contributed by atoms with Crippen molar-refractivity contribution in [2.75, 3.05) is 39.9 Å². The van der Waals surface area contributed by atoms with Crippen molar-refractivity contribution < 1.29 is 22.7 Å². The molecule has 1 atom stereocenters. The van der Waals surface area contributed by atoms with E-state index in [-0.39, 0.29) is 18.6 Å². The first kappa shape index (κ1) is 15.0. The molecule has 1 fully saturated rings. The Kier molecular flexibility index (Phi) is 5.67. The minimum Gasteiger partial charge on any atom is -0.383 e. The lowest BCUT2D eigenvalue weighted by Gasteiger charge is -2.18. The highest BCUT2D eigenvalue weighted by Crippen LogP contribution is 2.19. The van der Waals surface area contributed by atoms with Gasteiger partial charge in [0.25, 0.3) is 0 Å². The molecule has 0 aromatic rings. The molecule has 18 heavy (non-hydrogen) atoms. The lowest BCUT2D eigenvalue weighted by molar-refractivity contribution is -0.143. The van der Waals surface area contributed by atoms with Gasteiger partial charge in [-0.15, -0.1) is 0 Å². The maximum absolute atomic E-state index is 12.1. The molecule has 0 radical (unpaired) electrons. The van der Waals surface area contributed by atoms with Crippen LogP contribution in [-0.4, -0.2) is 63.0 Å². The maximum Gasteiger partial charge on any atom is 0.401 e. The largest absolute Gasteiger partial charge is 0.401 e. The molecule has 0 unspecified atom stereocenters. The number of hydrogen-bond acceptors (Lipinski definition) is 3. The second-order valence-electron chi connectivity index (χ2n) is 4.23. The highest BCUT2D eigenvalue weighted by atomic mass is 19.4. The summed E-state index contributed by atoms with van der Waals surface area (Å²) < 4.78 is 41.2. The van der Waals surface area contributed by atoms with Crippen molar-refractivity contribution in [3.63, 3.8) is 0 Å². The second-order valence-corrected chi connectivity index (χ2v) is 4.23. The second kappa shape index (κ2) is 6.79. The molecular formula is C10H18F3N3O2. The first-order chi connectivity index (χ1) is 8.40. The Balaban J connectivity index is 2.19. The van der Waals surface area contributed by atoms with Crippen molar-refractivity contribution >= 4 is 6.03 Å². The summed E-state index contributed by atoms with van der Waals surface area (Å²) in [6.07, 6.45) is -3.65. The Bertz CT molecular complexity index is 274. The molecule has 5 nitrogen and oxygen atoms in total. The molecule has 0 aliphatic carbocycles. The SMILES string of the molecule is COCCNC(=O)N[C@H]1CCN(CC(F)(F)F)C1. The van der Waals surface area contributed by atoms with Crippen LogP contribution in [0.15, 0.2) is 0 Å². The van der Waals surface area contributed by atoms with Gasteiger partial charge in [-0.3, -0.25) is 4.90 Å². The molecule has 1 rings (SSSR count). The first-order valence-electron chi connectivity index (χ1n) is 5.73. The number of carbonyl (C=O) groups is 1. The van der Waals surface area contributed by atoms with Gasteiger partial charge in [0.1, 0.15) is 0 Å². The molecule has 106 valence electrons. The monoisotopic (exact) mass is 269 g/mol. The zero-order valence-electron chi connectivity index (χ0n) is 10.2. The molecule has 2 amide bonds. The fourth-order valence-corrected chi connectivity index (χ4v) is 1.85. The molecule has 1 aliphatic rings. The number of nitrogens with zero attached hydrogens (tertiary/aromatic N) is 1. The third kappa shape index (κ3) is 6.06. The molecule has 0 aromatic carbocycles. The lowest BCUT2D eigenvalue weighted by Crippen LogP contribution is -2.44. The van der Waals surface area contributed by atoms with Crippen molar-refractivity contribution in [2.45, 2.75) is 18.6 Å². The number of urea groups is 1. The molecule has 8 heteroatoms. The predicted octanol–water partition coefficient (Wildman–Crippen LogP) is 0.569. The van der Waals surface area contributed by atoms with E-state index in [1.165, 1.54) is 12.0 Å². The van der Waals surface area contributed by atoms with E-state index >= 15 is 0 Å². The molecule has 0 saturated carbocycles. The van der Waals surface area contributed by atoms with Gasteiger partial charge < -0.3 is 15.4 Å². The number of carbonyl (C=O) groups excluding carboxylic acids is 1. The molecule has 1 saturated heterocycles. The van der Waals surface area contributed by atoms with Crippen LogP contribution >= 0.6 is 0 Å². The third-order valence-corrected chi connectivity index (χ3v) is 2.60. The van der Waals surface area contributed by atoms with Crippen LogP contribution in [0.5, 0.6) is 0 Å². The zero-order chi connectivity index (χ0) is 13.6. The van der Waals surface area contributed by atoms with E-state index in [2.05, 4.69) is 10.6 Å². The van der Waals surface area contributed by atoms with Crippen LogP contribution in [0, 0.1) is 0 Å². The van der Waals surface area contributed by atoms with Crippen LogP contribution in [0.2, 0.25) is 0 Å². The van der Waals surface area contributed by atoms with E-state index in [0.717, 1.165) is 0 Å². The van der Waals surface area contributed by atoms with Gasteiger partial charge in [0.15, 0.2) is 0 Å². The Hall–Kier alpha value is -1.02. The summed E-state index contributed by atoms with van der Waals surface area (Å²) in [6.45, 7) is 0.440. The molecule has 0 aromatic heterocycles. The topological polar surface area (TPSA) is 53.6 Å². The summed E-state index contributed by atoms with van der Waals surface area (Å²) in [5.41, 5.74) is 0. The van der Waals surface area contributed by atoms with E-state index in [0.29, 0.717) is 26.1 Å². The molecule has 1 aliphatic heterocycles. The Morgan fingerprint density at radius 3 is 2.83 bits per heavy atom. The van der Waals surface area contributed by atoms with E-state index in [9.17, 15) is 18.0 Å². The predicted molar refractivity (Wildman–Crippen MR) is 59.3 cm³/mol. The molecular weight excluding hydrogens is 251 g/mol. The van der Waals surface area contributed by atoms with Gasteiger partial charge in [-0.1, -0.05) is 0 Å². The minimum absolute atomic E-state index is 0.227. The number of amides is 2. The quantitative estimate of drug-likeness (QED) is 0.717. The fraction of sp³-hybridized carbons (Fsp3) is 0.900. The van der Waals surface area contributed by atoms with Gasteiger partial charge in [0.05, 0.1) is 13.2 Å². The van der Waals surface area contributed by atoms with Crippen LogP contribution in [0.1, 0.15) is 6.42 Å². The number of nitrogens with one attached hydrogen (secondary N) is 2. The van der Waals surface area contributed by atoms with Gasteiger partial charge >= 0.3 is 12.2 Å². The van der Waals surface area contributed by atoms with Crippen LogP contribution in [0.3, 0.4) is 0 Å². The van der Waals surface area contributed by atoms with E-state index in [1.54, 1.807) is 0 Å². The number of likely N-dealkylation sites (tertiary alicyclic amines) is 1. The highest BCUT2D eigenvalue weighted by molar-refractivity contribution is 5.74. The molecule has 1 heterocycles. The number of halogens is 3. The van der Waals surface area contributed by atoms with Gasteiger partial charge in [0, 0.05) is 32.8 Å². The Labute approximate surface area is 104 Å². The van der Waals surface area contributed by atoms with Gasteiger partial charge in [-0.25, -0.2) is 4.79 Å². The summed E-state index contributed by atoms with van der Waals surface area (Å²) in [5.74, 6) is 0. The van der Waals surface area contributed by atoms with Crippen LogP contribution < -0.4 is 10.6 Å². The number of hydrogen-bond donors (Lipinski definition) is 2. The third-order valence-electron chi connectivity index (χ3n) is 2.60. The first-order valence-corrected chi connectivity index (χ1v) is 5.73. The normalized spacial score (nSPS) is 21.0. The fourth-order valence-electron chi connectivity index (χ4n) is 1.85. The highest BCUT2D eigenvalue weighted by Gasteiger charge is 2.34. The maximum atomic E-state index is 12.1. The number of rotatable bonds is 5. The Morgan fingerprint density at radius 2 is 2.22 bits per heavy atom. The van der Waals surface area contributed by atoms with Gasteiger partial charge in [-0.2, -0.15) is 13.2 Å². The molecule has 0 bridgehead atoms. The van der Waals surface area contributed by atoms with E-state index in [4.69, 9.17) is 4.74 Å². The number of alkyl halides is 3. The minimum atomic E-state index is -4.18. The van der Waals surface area contributed by atoms with Crippen molar-refractivity contribution in [1.82, 2.24) is 15.5 Å². The van der Waals surface area contributed by atoms with Crippen molar-refractivity contribution in [1.29, 1.82) is 0 Å². The summed E-state index contributed by atoms with van der Waals surface area (Å²) in [6, 6.07) is -0.596. The number of ether oxygens (including phenoxy) is 1. The van der Waals surface area contributed by atoms with Crippen LogP contribution in [0.25, 0.3) is 0 Å². The smallest absolute Gasteiger partial charge is 0.383 e. The average Bonchev–Trinajstić information content (AvgIpc) is 2.63.